The third-order valence-corrected chi connectivity index (χ3v) is 3.57. The zero-order valence-electron chi connectivity index (χ0n) is 12.2. The molecule has 1 nitrogen and oxygen atoms in total. The molecule has 0 bridgehead atoms. The Kier molecular flexibility index (Phi) is 5.31. The maximum atomic E-state index is 13.2. The fraction of sp³-hybridized carbons (Fsp3) is 0.333. The van der Waals surface area contributed by atoms with Crippen molar-refractivity contribution in [3.05, 3.63) is 71.0 Å². The third kappa shape index (κ3) is 3.91. The van der Waals surface area contributed by atoms with Gasteiger partial charge in [0.05, 0.1) is 0 Å². The molecule has 1 N–H and O–H groups in total. The number of hydrogen-bond donors (Lipinski definition) is 1. The van der Waals surface area contributed by atoms with Crippen molar-refractivity contribution in [2.24, 2.45) is 0 Å². The summed E-state index contributed by atoms with van der Waals surface area (Å²) in [6.45, 7) is 5.12. The Hall–Kier alpha value is -1.67. The summed E-state index contributed by atoms with van der Waals surface area (Å²) in [6.07, 6.45) is 1.99. The van der Waals surface area contributed by atoms with E-state index in [-0.39, 0.29) is 11.9 Å². The van der Waals surface area contributed by atoms with Gasteiger partial charge < -0.3 is 5.32 Å². The number of aryl methyl sites for hydroxylation is 1. The number of halogens is 1. The first-order valence-corrected chi connectivity index (χ1v) is 7.24. The molecule has 0 saturated carbocycles. The summed E-state index contributed by atoms with van der Waals surface area (Å²) in [6, 6.07) is 15.8. The molecule has 0 amide bonds. The van der Waals surface area contributed by atoms with E-state index in [4.69, 9.17) is 0 Å². The molecule has 0 aliphatic heterocycles. The van der Waals surface area contributed by atoms with E-state index in [9.17, 15) is 4.39 Å². The molecule has 0 heterocycles. The van der Waals surface area contributed by atoms with Gasteiger partial charge in [-0.25, -0.2) is 4.39 Å². The van der Waals surface area contributed by atoms with Crippen LogP contribution in [0.15, 0.2) is 48.5 Å². The Bertz CT molecular complexity index is 536. The van der Waals surface area contributed by atoms with E-state index in [0.717, 1.165) is 24.9 Å². The van der Waals surface area contributed by atoms with Crippen LogP contribution in [0.1, 0.15) is 36.1 Å². The lowest BCUT2D eigenvalue weighted by molar-refractivity contribution is 0.527. The van der Waals surface area contributed by atoms with Gasteiger partial charge in [-0.3, -0.25) is 0 Å². The second-order valence-electron chi connectivity index (χ2n) is 5.19. The lowest BCUT2D eigenvalue weighted by Crippen LogP contribution is -2.24. The maximum Gasteiger partial charge on any atom is 0.123 e. The van der Waals surface area contributed by atoms with Gasteiger partial charge in [-0.15, -0.1) is 0 Å². The normalized spacial score (nSPS) is 12.3. The fourth-order valence-electron chi connectivity index (χ4n) is 2.42. The average Bonchev–Trinajstić information content (AvgIpc) is 2.46. The van der Waals surface area contributed by atoms with E-state index in [1.807, 2.05) is 19.1 Å². The molecule has 1 unspecified atom stereocenters. The molecular formula is C18H22FN. The van der Waals surface area contributed by atoms with Crippen molar-refractivity contribution in [1.82, 2.24) is 5.32 Å². The van der Waals surface area contributed by atoms with Crippen molar-refractivity contribution >= 4 is 0 Å². The minimum absolute atomic E-state index is 0.163. The predicted octanol–water partition coefficient (Wildman–Crippen LogP) is 4.42. The molecule has 0 fully saturated rings. The minimum Gasteiger partial charge on any atom is -0.310 e. The molecule has 2 heteroatoms. The second-order valence-corrected chi connectivity index (χ2v) is 5.19. The molecule has 1 atom stereocenters. The number of benzene rings is 2. The largest absolute Gasteiger partial charge is 0.310 e. The van der Waals surface area contributed by atoms with Crippen molar-refractivity contribution in [3.63, 3.8) is 0 Å². The van der Waals surface area contributed by atoms with Crippen LogP contribution in [0.4, 0.5) is 4.39 Å². The smallest absolute Gasteiger partial charge is 0.123 e. The molecular weight excluding hydrogens is 249 g/mol. The minimum atomic E-state index is -0.163. The van der Waals surface area contributed by atoms with Crippen LogP contribution in [0.5, 0.6) is 0 Å². The first-order chi connectivity index (χ1) is 9.70. The zero-order chi connectivity index (χ0) is 14.4. The summed E-state index contributed by atoms with van der Waals surface area (Å²) < 4.78 is 13.2. The van der Waals surface area contributed by atoms with E-state index < -0.39 is 0 Å². The molecule has 106 valence electrons. The molecule has 0 aromatic heterocycles. The van der Waals surface area contributed by atoms with Crippen molar-refractivity contribution in [2.75, 3.05) is 6.54 Å². The van der Waals surface area contributed by atoms with Crippen LogP contribution in [0.25, 0.3) is 0 Å². The van der Waals surface area contributed by atoms with Gasteiger partial charge in [0.15, 0.2) is 0 Å². The van der Waals surface area contributed by atoms with E-state index in [0.29, 0.717) is 0 Å². The topological polar surface area (TPSA) is 12.0 Å². The third-order valence-electron chi connectivity index (χ3n) is 3.57. The van der Waals surface area contributed by atoms with Gasteiger partial charge in [0.25, 0.3) is 0 Å². The van der Waals surface area contributed by atoms with Gasteiger partial charge in [0.1, 0.15) is 5.82 Å². The van der Waals surface area contributed by atoms with Gasteiger partial charge in [-0.1, -0.05) is 43.3 Å². The molecule has 0 spiro atoms. The molecule has 0 radical (unpaired) electrons. The highest BCUT2D eigenvalue weighted by Gasteiger charge is 2.12. The standard InChI is InChI=1S/C18H22FN/c1-3-11-20-18(15-7-5-4-6-8-15)13-16-9-10-17(19)12-14(16)2/h4-10,12,18,20H,3,11,13H2,1-2H3. The van der Waals surface area contributed by atoms with E-state index >= 15 is 0 Å². The SMILES string of the molecule is CCCNC(Cc1ccc(F)cc1C)c1ccccc1. The van der Waals surface area contributed by atoms with Gasteiger partial charge in [-0.05, 0) is 55.1 Å². The second kappa shape index (κ2) is 7.20. The Balaban J connectivity index is 2.19. The van der Waals surface area contributed by atoms with Crippen LogP contribution in [-0.2, 0) is 6.42 Å². The molecule has 2 rings (SSSR count). The average molecular weight is 271 g/mol. The van der Waals surface area contributed by atoms with Crippen LogP contribution >= 0.6 is 0 Å². The molecule has 2 aromatic rings. The van der Waals surface area contributed by atoms with Crippen LogP contribution in [0.2, 0.25) is 0 Å². The molecule has 2 aromatic carbocycles. The fourth-order valence-corrected chi connectivity index (χ4v) is 2.42. The van der Waals surface area contributed by atoms with E-state index in [1.165, 1.54) is 11.1 Å². The summed E-state index contributed by atoms with van der Waals surface area (Å²) in [5.74, 6) is -0.163. The molecule has 0 aliphatic carbocycles. The summed E-state index contributed by atoms with van der Waals surface area (Å²) in [5.41, 5.74) is 3.50. The van der Waals surface area contributed by atoms with Gasteiger partial charge >= 0.3 is 0 Å². The van der Waals surface area contributed by atoms with Crippen molar-refractivity contribution in [3.8, 4) is 0 Å². The summed E-state index contributed by atoms with van der Waals surface area (Å²) in [5, 5.41) is 3.58. The van der Waals surface area contributed by atoms with Crippen molar-refractivity contribution in [2.45, 2.75) is 32.7 Å². The maximum absolute atomic E-state index is 13.2. The highest BCUT2D eigenvalue weighted by atomic mass is 19.1. The van der Waals surface area contributed by atoms with Crippen LogP contribution in [0.3, 0.4) is 0 Å². The lowest BCUT2D eigenvalue weighted by Gasteiger charge is -2.20. The number of nitrogens with one attached hydrogen (secondary N) is 1. The van der Waals surface area contributed by atoms with E-state index in [1.54, 1.807) is 12.1 Å². The van der Waals surface area contributed by atoms with Gasteiger partial charge in [0, 0.05) is 6.04 Å². The number of hydrogen-bond acceptors (Lipinski definition) is 1. The van der Waals surface area contributed by atoms with Crippen LogP contribution in [-0.4, -0.2) is 6.54 Å². The summed E-state index contributed by atoms with van der Waals surface area (Å²) in [4.78, 5) is 0. The van der Waals surface area contributed by atoms with Crippen LogP contribution < -0.4 is 5.32 Å². The zero-order valence-corrected chi connectivity index (χ0v) is 12.2. The molecule has 0 saturated heterocycles. The van der Waals surface area contributed by atoms with Gasteiger partial charge in [-0.2, -0.15) is 0 Å². The van der Waals surface area contributed by atoms with Gasteiger partial charge in [0.2, 0.25) is 0 Å². The Morgan fingerprint density at radius 1 is 1.10 bits per heavy atom. The summed E-state index contributed by atoms with van der Waals surface area (Å²) >= 11 is 0. The highest BCUT2D eigenvalue weighted by Crippen LogP contribution is 2.21. The Morgan fingerprint density at radius 3 is 2.50 bits per heavy atom. The van der Waals surface area contributed by atoms with Crippen molar-refractivity contribution < 1.29 is 4.39 Å². The van der Waals surface area contributed by atoms with E-state index in [2.05, 4.69) is 36.5 Å². The van der Waals surface area contributed by atoms with Crippen LogP contribution in [0, 0.1) is 12.7 Å². The first kappa shape index (κ1) is 14.7. The first-order valence-electron chi connectivity index (χ1n) is 7.24. The molecule has 20 heavy (non-hydrogen) atoms. The van der Waals surface area contributed by atoms with Crippen molar-refractivity contribution in [1.29, 1.82) is 0 Å². The Morgan fingerprint density at radius 2 is 1.85 bits per heavy atom. The predicted molar refractivity (Wildman–Crippen MR) is 82.3 cm³/mol. The number of rotatable bonds is 6. The highest BCUT2D eigenvalue weighted by molar-refractivity contribution is 5.30. The molecule has 0 aliphatic rings. The summed E-state index contributed by atoms with van der Waals surface area (Å²) in [7, 11) is 0. The quantitative estimate of drug-likeness (QED) is 0.820. The lowest BCUT2D eigenvalue weighted by atomic mass is 9.96. The Labute approximate surface area is 120 Å². The monoisotopic (exact) mass is 271 g/mol.